The van der Waals surface area contributed by atoms with Gasteiger partial charge in [-0.05, 0) is 24.3 Å². The minimum atomic E-state index is -0.0613. The zero-order valence-electron chi connectivity index (χ0n) is 16.0. The first kappa shape index (κ1) is 19.1. The van der Waals surface area contributed by atoms with E-state index < -0.39 is 0 Å². The van der Waals surface area contributed by atoms with Crippen molar-refractivity contribution >= 4 is 32.6 Å². The van der Waals surface area contributed by atoms with Gasteiger partial charge in [-0.1, -0.05) is 29.5 Å². The average molecular weight is 386 g/mol. The molecule has 0 fully saturated rings. The molecule has 0 aliphatic carbocycles. The van der Waals surface area contributed by atoms with Gasteiger partial charge in [-0.15, -0.1) is 0 Å². The normalized spacial score (nSPS) is 11.0. The molecule has 0 aliphatic heterocycles. The van der Waals surface area contributed by atoms with Crippen LogP contribution in [0.5, 0.6) is 11.5 Å². The lowest BCUT2D eigenvalue weighted by molar-refractivity contribution is -0.856. The molecule has 0 saturated heterocycles. The minimum Gasteiger partial charge on any atom is -0.495 e. The molecule has 27 heavy (non-hydrogen) atoms. The number of nitrogens with zero attached hydrogens (tertiary/aromatic N) is 2. The molecule has 0 aliphatic rings. The molecule has 0 unspecified atom stereocenters. The average Bonchev–Trinajstić information content (AvgIpc) is 3.12. The molecule has 1 aromatic heterocycles. The molecule has 1 amide bonds. The van der Waals surface area contributed by atoms with Crippen LogP contribution >= 0.6 is 11.3 Å². The van der Waals surface area contributed by atoms with E-state index in [1.807, 2.05) is 42.5 Å². The molecule has 2 aromatic carbocycles. The maximum atomic E-state index is 13.2. The van der Waals surface area contributed by atoms with Gasteiger partial charge in [-0.3, -0.25) is 9.69 Å². The van der Waals surface area contributed by atoms with Crippen LogP contribution < -0.4 is 19.3 Å². The van der Waals surface area contributed by atoms with Crippen molar-refractivity contribution in [3.05, 3.63) is 48.0 Å². The van der Waals surface area contributed by atoms with Crippen molar-refractivity contribution in [1.82, 2.24) is 4.98 Å². The maximum absolute atomic E-state index is 13.2. The number of quaternary nitrogens is 1. The molecule has 142 valence electrons. The lowest BCUT2D eigenvalue weighted by atomic mass is 10.2. The highest BCUT2D eigenvalue weighted by Crippen LogP contribution is 2.40. The van der Waals surface area contributed by atoms with Gasteiger partial charge >= 0.3 is 0 Å². The molecular weight excluding hydrogens is 362 g/mol. The molecule has 3 rings (SSSR count). The van der Waals surface area contributed by atoms with Crippen LogP contribution in [0.2, 0.25) is 0 Å². The minimum absolute atomic E-state index is 0.0613. The number of thiazole rings is 1. The fraction of sp³-hybridized carbons (Fsp3) is 0.300. The summed E-state index contributed by atoms with van der Waals surface area (Å²) in [5, 5.41) is 0.642. The fourth-order valence-electron chi connectivity index (χ4n) is 2.75. The van der Waals surface area contributed by atoms with Gasteiger partial charge in [0.15, 0.2) is 5.13 Å². The molecule has 0 radical (unpaired) electrons. The van der Waals surface area contributed by atoms with E-state index in [1.165, 1.54) is 16.2 Å². The highest BCUT2D eigenvalue weighted by Gasteiger charge is 2.24. The van der Waals surface area contributed by atoms with Crippen molar-refractivity contribution in [2.75, 3.05) is 46.3 Å². The van der Waals surface area contributed by atoms with Crippen LogP contribution in [0.25, 0.3) is 10.2 Å². The number of likely N-dealkylation sites (N-methyl/N-ethyl adjacent to an activating group) is 1. The van der Waals surface area contributed by atoms with Crippen molar-refractivity contribution < 1.29 is 19.2 Å². The standard InChI is InChI=1S/C20H23N3O3S/c1-22(2)12-13-23(19(24)14-8-6-5-7-9-14)20-21-17-15(25-3)10-11-16(26-4)18(17)27-20/h5-11H,12-13H2,1-4H3/p+1. The van der Waals surface area contributed by atoms with E-state index in [4.69, 9.17) is 14.5 Å². The Morgan fingerprint density at radius 1 is 1.07 bits per heavy atom. The molecular formula is C20H24N3O3S+. The zero-order chi connectivity index (χ0) is 19.4. The van der Waals surface area contributed by atoms with Gasteiger partial charge in [0, 0.05) is 5.56 Å². The fourth-order valence-corrected chi connectivity index (χ4v) is 3.84. The van der Waals surface area contributed by atoms with Gasteiger partial charge < -0.3 is 14.4 Å². The number of hydrogen-bond acceptors (Lipinski definition) is 5. The summed E-state index contributed by atoms with van der Waals surface area (Å²) in [6.07, 6.45) is 0. The van der Waals surface area contributed by atoms with E-state index in [0.717, 1.165) is 17.0 Å². The third-order valence-electron chi connectivity index (χ3n) is 4.23. The third-order valence-corrected chi connectivity index (χ3v) is 5.32. The number of benzene rings is 2. The smallest absolute Gasteiger partial charge is 0.260 e. The number of fused-ring (bicyclic) bond motifs is 1. The number of rotatable bonds is 7. The highest BCUT2D eigenvalue weighted by atomic mass is 32.1. The second-order valence-electron chi connectivity index (χ2n) is 6.42. The summed E-state index contributed by atoms with van der Waals surface area (Å²) in [5.41, 5.74) is 1.35. The van der Waals surface area contributed by atoms with Gasteiger partial charge in [-0.2, -0.15) is 0 Å². The summed E-state index contributed by atoms with van der Waals surface area (Å²) in [4.78, 5) is 20.9. The van der Waals surface area contributed by atoms with Crippen LogP contribution in [0.1, 0.15) is 10.4 Å². The Morgan fingerprint density at radius 2 is 1.74 bits per heavy atom. The molecule has 0 atom stereocenters. The maximum Gasteiger partial charge on any atom is 0.260 e. The number of amides is 1. The Bertz CT molecular complexity index is 884. The first-order chi connectivity index (χ1) is 13.0. The molecule has 7 heteroatoms. The monoisotopic (exact) mass is 386 g/mol. The van der Waals surface area contributed by atoms with Crippen molar-refractivity contribution in [1.29, 1.82) is 0 Å². The lowest BCUT2D eigenvalue weighted by Gasteiger charge is -2.20. The summed E-state index contributed by atoms with van der Waals surface area (Å²) in [5.74, 6) is 1.33. The number of carbonyl (C=O) groups excluding carboxylic acids is 1. The Hall–Kier alpha value is -2.64. The Labute approximate surface area is 162 Å². The summed E-state index contributed by atoms with van der Waals surface area (Å²) in [7, 11) is 7.37. The van der Waals surface area contributed by atoms with Gasteiger partial charge in [-0.25, -0.2) is 4.98 Å². The predicted molar refractivity (Wildman–Crippen MR) is 109 cm³/mol. The first-order valence-electron chi connectivity index (χ1n) is 8.72. The number of methoxy groups -OCH3 is 2. The summed E-state index contributed by atoms with van der Waals surface area (Å²) in [6.45, 7) is 1.38. The van der Waals surface area contributed by atoms with E-state index in [1.54, 1.807) is 19.1 Å². The summed E-state index contributed by atoms with van der Waals surface area (Å²) < 4.78 is 11.8. The van der Waals surface area contributed by atoms with Crippen LogP contribution in [0.3, 0.4) is 0 Å². The summed E-state index contributed by atoms with van der Waals surface area (Å²) >= 11 is 1.44. The first-order valence-corrected chi connectivity index (χ1v) is 9.54. The van der Waals surface area contributed by atoms with E-state index >= 15 is 0 Å². The van der Waals surface area contributed by atoms with Crippen LogP contribution in [0.4, 0.5) is 5.13 Å². The van der Waals surface area contributed by atoms with E-state index in [0.29, 0.717) is 28.5 Å². The van der Waals surface area contributed by atoms with Crippen LogP contribution in [0.15, 0.2) is 42.5 Å². The SMILES string of the molecule is COc1ccc(OC)c2sc(N(CC[NH+](C)C)C(=O)c3ccccc3)nc12. The van der Waals surface area contributed by atoms with Gasteiger partial charge in [0.05, 0.1) is 41.4 Å². The van der Waals surface area contributed by atoms with Gasteiger partial charge in [0.25, 0.3) is 5.91 Å². The van der Waals surface area contributed by atoms with Crippen molar-refractivity contribution in [2.24, 2.45) is 0 Å². The number of carbonyl (C=O) groups is 1. The number of nitrogens with one attached hydrogen (secondary N) is 1. The van der Waals surface area contributed by atoms with Gasteiger partial charge in [0.2, 0.25) is 0 Å². The van der Waals surface area contributed by atoms with E-state index in [9.17, 15) is 4.79 Å². The Morgan fingerprint density at radius 3 is 2.37 bits per heavy atom. The molecule has 1 N–H and O–H groups in total. The van der Waals surface area contributed by atoms with Gasteiger partial charge in [0.1, 0.15) is 21.7 Å². The third kappa shape index (κ3) is 4.04. The van der Waals surface area contributed by atoms with Crippen LogP contribution in [0, 0.1) is 0 Å². The largest absolute Gasteiger partial charge is 0.495 e. The predicted octanol–water partition coefficient (Wildman–Crippen LogP) is 2.10. The number of ether oxygens (including phenoxy) is 2. The summed E-state index contributed by atoms with van der Waals surface area (Å²) in [6, 6.07) is 13.0. The second-order valence-corrected chi connectivity index (χ2v) is 7.40. The molecule has 0 bridgehead atoms. The lowest BCUT2D eigenvalue weighted by Crippen LogP contribution is -3.06. The van der Waals surface area contributed by atoms with E-state index in [-0.39, 0.29) is 5.91 Å². The molecule has 1 heterocycles. The molecule has 0 spiro atoms. The molecule has 0 saturated carbocycles. The number of hydrogen-bond donors (Lipinski definition) is 1. The Balaban J connectivity index is 2.07. The Kier molecular flexibility index (Phi) is 5.93. The van der Waals surface area contributed by atoms with Crippen LogP contribution in [-0.4, -0.2) is 52.3 Å². The second kappa shape index (κ2) is 8.37. The van der Waals surface area contributed by atoms with Crippen LogP contribution in [-0.2, 0) is 0 Å². The quantitative estimate of drug-likeness (QED) is 0.676. The topological polar surface area (TPSA) is 56.1 Å². The van der Waals surface area contributed by atoms with Crippen molar-refractivity contribution in [3.63, 3.8) is 0 Å². The van der Waals surface area contributed by atoms with E-state index in [2.05, 4.69) is 14.1 Å². The van der Waals surface area contributed by atoms with Crippen molar-refractivity contribution in [3.8, 4) is 11.5 Å². The molecule has 3 aromatic rings. The number of anilines is 1. The zero-order valence-corrected chi connectivity index (χ0v) is 16.8. The molecule has 6 nitrogen and oxygen atoms in total. The highest BCUT2D eigenvalue weighted by molar-refractivity contribution is 7.22. The number of aromatic nitrogens is 1. The van der Waals surface area contributed by atoms with Crippen molar-refractivity contribution in [2.45, 2.75) is 0 Å².